The summed E-state index contributed by atoms with van der Waals surface area (Å²) in [6.45, 7) is 15.2. The van der Waals surface area contributed by atoms with E-state index < -0.39 is 5.54 Å². The highest BCUT2D eigenvalue weighted by atomic mass is 16.5. The third-order valence-corrected chi connectivity index (χ3v) is 2.56. The summed E-state index contributed by atoms with van der Waals surface area (Å²) in [5.74, 6) is 0.979. The minimum atomic E-state index is -0.440. The van der Waals surface area contributed by atoms with Crippen molar-refractivity contribution >= 4 is 0 Å². The van der Waals surface area contributed by atoms with Gasteiger partial charge in [-0.25, -0.2) is 0 Å². The van der Waals surface area contributed by atoms with E-state index in [0.717, 1.165) is 0 Å². The molecule has 0 amide bonds. The van der Waals surface area contributed by atoms with E-state index in [0.29, 0.717) is 44.9 Å². The summed E-state index contributed by atoms with van der Waals surface area (Å²) in [5.41, 5.74) is 4.99. The highest BCUT2D eigenvalue weighted by Gasteiger charge is 2.30. The predicted molar refractivity (Wildman–Crippen MR) is 82.4 cm³/mol. The summed E-state index contributed by atoms with van der Waals surface area (Å²) >= 11 is 0. The molecule has 0 aliphatic heterocycles. The molecule has 0 aromatic heterocycles. The average Bonchev–Trinajstić information content (AvgIpc) is 2.35. The Morgan fingerprint density at radius 2 is 1.45 bits per heavy atom. The van der Waals surface area contributed by atoms with Crippen molar-refractivity contribution in [2.75, 3.05) is 39.8 Å². The molecule has 0 unspecified atom stereocenters. The summed E-state index contributed by atoms with van der Waals surface area (Å²) in [6.07, 6.45) is 1.65. The lowest BCUT2D eigenvalue weighted by Gasteiger charge is -2.34. The molecule has 120 valence electrons. The Kier molecular flexibility index (Phi) is 10.7. The van der Waals surface area contributed by atoms with Crippen LogP contribution in [0.4, 0.5) is 0 Å². The molecule has 0 atom stereocenters. The van der Waals surface area contributed by atoms with Crippen molar-refractivity contribution in [1.29, 1.82) is 0 Å². The summed E-state index contributed by atoms with van der Waals surface area (Å²) in [4.78, 5) is 0. The molecule has 0 aliphatic carbocycles. The molecule has 0 saturated heterocycles. The Morgan fingerprint density at radius 3 is 1.80 bits per heavy atom. The normalized spacial score (nSPS) is 12.2. The van der Waals surface area contributed by atoms with Crippen LogP contribution in [0.1, 0.15) is 27.7 Å². The van der Waals surface area contributed by atoms with Crippen LogP contribution in [0.2, 0.25) is 0 Å². The maximum atomic E-state index is 5.76. The van der Waals surface area contributed by atoms with Crippen LogP contribution in [0, 0.1) is 11.8 Å². The van der Waals surface area contributed by atoms with Crippen LogP contribution in [0.3, 0.4) is 0 Å². The van der Waals surface area contributed by atoms with E-state index in [1.165, 1.54) is 0 Å². The molecule has 0 aromatic rings. The number of ether oxygens (including phenoxy) is 3. The lowest BCUT2D eigenvalue weighted by Crippen LogP contribution is -2.55. The zero-order valence-electron chi connectivity index (χ0n) is 13.5. The first-order chi connectivity index (χ1) is 9.45. The van der Waals surface area contributed by atoms with Crippen LogP contribution in [-0.2, 0) is 14.2 Å². The Bertz CT molecular complexity index is 231. The van der Waals surface area contributed by atoms with Crippen molar-refractivity contribution in [3.05, 3.63) is 12.8 Å². The average molecular weight is 288 g/mol. The first-order valence-corrected chi connectivity index (χ1v) is 7.27. The third-order valence-electron chi connectivity index (χ3n) is 2.56. The minimum Gasteiger partial charge on any atom is -0.380 e. The number of rotatable bonds is 13. The smallest absolute Gasteiger partial charge is 0.107 e. The zero-order chi connectivity index (χ0) is 15.4. The van der Waals surface area contributed by atoms with Gasteiger partial charge >= 0.3 is 0 Å². The fraction of sp³-hybridized carbons (Fsp3) is 0.867. The van der Waals surface area contributed by atoms with E-state index in [1.54, 1.807) is 6.20 Å². The molecule has 20 heavy (non-hydrogen) atoms. The molecule has 0 bridgehead atoms. The topological polar surface area (TPSA) is 65.7 Å². The van der Waals surface area contributed by atoms with Gasteiger partial charge in [0.05, 0.1) is 26.6 Å². The number of hydrogen-bond acceptors (Lipinski definition) is 5. The van der Waals surface area contributed by atoms with Gasteiger partial charge in [0.1, 0.15) is 5.54 Å². The van der Waals surface area contributed by atoms with Crippen LogP contribution in [0.25, 0.3) is 0 Å². The molecule has 0 radical (unpaired) electrons. The van der Waals surface area contributed by atoms with Gasteiger partial charge < -0.3 is 25.3 Å². The third kappa shape index (κ3) is 9.31. The van der Waals surface area contributed by atoms with Crippen molar-refractivity contribution in [2.45, 2.75) is 33.2 Å². The first-order valence-electron chi connectivity index (χ1n) is 7.27. The lowest BCUT2D eigenvalue weighted by molar-refractivity contribution is -0.0414. The minimum absolute atomic E-state index is 0.176. The molecule has 3 N–H and O–H groups in total. The van der Waals surface area contributed by atoms with E-state index in [1.807, 2.05) is 0 Å². The van der Waals surface area contributed by atoms with Crippen LogP contribution < -0.4 is 11.1 Å². The maximum Gasteiger partial charge on any atom is 0.107 e. The zero-order valence-corrected chi connectivity index (χ0v) is 13.5. The van der Waals surface area contributed by atoms with Crippen molar-refractivity contribution in [3.8, 4) is 0 Å². The molecule has 0 spiro atoms. The molecular weight excluding hydrogens is 256 g/mol. The fourth-order valence-corrected chi connectivity index (χ4v) is 1.70. The number of nitrogens with one attached hydrogen (secondary N) is 1. The Hall–Kier alpha value is -0.620. The van der Waals surface area contributed by atoms with Gasteiger partial charge in [0.15, 0.2) is 0 Å². The van der Waals surface area contributed by atoms with Gasteiger partial charge in [-0.2, -0.15) is 0 Å². The molecule has 0 aliphatic rings. The SMILES string of the molecule is C=CNC(COCN)(COCC(C)C)COCC(C)C. The van der Waals surface area contributed by atoms with E-state index in [9.17, 15) is 0 Å². The van der Waals surface area contributed by atoms with E-state index in [-0.39, 0.29) is 6.73 Å². The van der Waals surface area contributed by atoms with Gasteiger partial charge in [-0.05, 0) is 18.0 Å². The number of hydrogen-bond donors (Lipinski definition) is 2. The van der Waals surface area contributed by atoms with Gasteiger partial charge in [0, 0.05) is 13.2 Å². The van der Waals surface area contributed by atoms with Crippen LogP contribution in [0.15, 0.2) is 12.8 Å². The summed E-state index contributed by atoms with van der Waals surface area (Å²) < 4.78 is 16.9. The molecule has 0 heterocycles. The van der Waals surface area contributed by atoms with Crippen LogP contribution >= 0.6 is 0 Å². The maximum absolute atomic E-state index is 5.76. The lowest BCUT2D eigenvalue weighted by atomic mass is 10.0. The summed E-state index contributed by atoms with van der Waals surface area (Å²) in [7, 11) is 0. The Labute approximate surface area is 123 Å². The largest absolute Gasteiger partial charge is 0.380 e. The van der Waals surface area contributed by atoms with Crippen molar-refractivity contribution in [3.63, 3.8) is 0 Å². The van der Waals surface area contributed by atoms with E-state index in [2.05, 4.69) is 39.6 Å². The fourth-order valence-electron chi connectivity index (χ4n) is 1.70. The monoisotopic (exact) mass is 288 g/mol. The second-order valence-electron chi connectivity index (χ2n) is 5.96. The first kappa shape index (κ1) is 19.4. The van der Waals surface area contributed by atoms with E-state index >= 15 is 0 Å². The van der Waals surface area contributed by atoms with Crippen molar-refractivity contribution in [2.24, 2.45) is 17.6 Å². The van der Waals surface area contributed by atoms with Crippen molar-refractivity contribution < 1.29 is 14.2 Å². The predicted octanol–water partition coefficient (Wildman–Crippen LogP) is 1.74. The number of nitrogens with two attached hydrogens (primary N) is 1. The molecular formula is C15H32N2O3. The van der Waals surface area contributed by atoms with E-state index in [4.69, 9.17) is 19.9 Å². The van der Waals surface area contributed by atoms with Gasteiger partial charge in [0.25, 0.3) is 0 Å². The molecule has 0 aromatic carbocycles. The Morgan fingerprint density at radius 1 is 1.00 bits per heavy atom. The molecule has 0 rings (SSSR count). The van der Waals surface area contributed by atoms with Crippen molar-refractivity contribution in [1.82, 2.24) is 5.32 Å². The van der Waals surface area contributed by atoms with Crippen LogP contribution in [0.5, 0.6) is 0 Å². The summed E-state index contributed by atoms with van der Waals surface area (Å²) in [5, 5.41) is 3.21. The molecule has 5 heteroatoms. The second kappa shape index (κ2) is 11.1. The van der Waals surface area contributed by atoms with Gasteiger partial charge in [0.2, 0.25) is 0 Å². The Balaban J connectivity index is 4.51. The van der Waals surface area contributed by atoms with Gasteiger partial charge in [-0.3, -0.25) is 0 Å². The highest BCUT2D eigenvalue weighted by Crippen LogP contribution is 2.10. The van der Waals surface area contributed by atoms with Gasteiger partial charge in [-0.1, -0.05) is 34.3 Å². The van der Waals surface area contributed by atoms with Gasteiger partial charge in [-0.15, -0.1) is 0 Å². The molecule has 5 nitrogen and oxygen atoms in total. The molecule has 0 saturated carbocycles. The molecule has 0 fully saturated rings. The quantitative estimate of drug-likeness (QED) is 0.505. The standard InChI is InChI=1S/C15H32N2O3/c1-6-17-15(11-20-12-16,9-18-7-13(2)3)10-19-8-14(4)5/h6,13-14,17H,1,7-12,16H2,2-5H3. The second-order valence-corrected chi connectivity index (χ2v) is 5.96. The van der Waals surface area contributed by atoms with Crippen LogP contribution in [-0.4, -0.2) is 45.3 Å². The summed E-state index contributed by atoms with van der Waals surface area (Å²) in [6, 6.07) is 0. The highest BCUT2D eigenvalue weighted by molar-refractivity contribution is 4.92.